The number of oxazole rings is 1. The first-order valence-corrected chi connectivity index (χ1v) is 15.6. The summed E-state index contributed by atoms with van der Waals surface area (Å²) >= 11 is 0. The molecular weight excluding hydrogens is 576 g/mol. The van der Waals surface area contributed by atoms with E-state index in [0.717, 1.165) is 77.7 Å². The summed E-state index contributed by atoms with van der Waals surface area (Å²) in [5.41, 5.74) is 10.1. The third-order valence-corrected chi connectivity index (χ3v) is 8.52. The Kier molecular flexibility index (Phi) is 6.39. The highest BCUT2D eigenvalue weighted by Crippen LogP contribution is 2.38. The molecule has 0 amide bonds. The molecule has 6 aromatic carbocycles. The lowest BCUT2D eigenvalue weighted by Crippen LogP contribution is -1.96. The maximum atomic E-state index is 6.26. The molecule has 0 aliphatic heterocycles. The molecule has 0 aliphatic carbocycles. The van der Waals surface area contributed by atoms with Gasteiger partial charge in [0.15, 0.2) is 11.4 Å². The fraction of sp³-hybridized carbons (Fsp3) is 0. The van der Waals surface area contributed by atoms with Crippen molar-refractivity contribution in [2.75, 3.05) is 0 Å². The molecule has 9 aromatic rings. The van der Waals surface area contributed by atoms with E-state index in [9.17, 15) is 0 Å². The molecule has 0 aliphatic rings. The van der Waals surface area contributed by atoms with Crippen LogP contribution in [0.3, 0.4) is 0 Å². The lowest BCUT2D eigenvalue weighted by atomic mass is 9.98. The second-order valence-corrected chi connectivity index (χ2v) is 11.5. The van der Waals surface area contributed by atoms with Gasteiger partial charge in [0, 0.05) is 44.0 Å². The average molecular weight is 603 g/mol. The van der Waals surface area contributed by atoms with Crippen LogP contribution >= 0.6 is 0 Å². The van der Waals surface area contributed by atoms with Crippen molar-refractivity contribution in [2.24, 2.45) is 0 Å². The van der Waals surface area contributed by atoms with Crippen molar-refractivity contribution < 1.29 is 4.42 Å². The van der Waals surface area contributed by atoms with Crippen molar-refractivity contribution in [3.8, 4) is 56.6 Å². The Balaban J connectivity index is 1.19. The third kappa shape index (κ3) is 4.82. The molecule has 0 N–H and O–H groups in total. The van der Waals surface area contributed by atoms with Crippen LogP contribution in [0, 0.1) is 0 Å². The van der Waals surface area contributed by atoms with Gasteiger partial charge in [-0.3, -0.25) is 0 Å². The van der Waals surface area contributed by atoms with Gasteiger partial charge in [0.1, 0.15) is 5.52 Å². The first-order valence-electron chi connectivity index (χ1n) is 15.6. The number of para-hydroxylation sites is 1. The van der Waals surface area contributed by atoms with E-state index >= 15 is 0 Å². The molecule has 220 valence electrons. The van der Waals surface area contributed by atoms with Gasteiger partial charge in [-0.05, 0) is 36.4 Å². The number of pyridine rings is 1. The van der Waals surface area contributed by atoms with Crippen LogP contribution in [0.25, 0.3) is 89.4 Å². The van der Waals surface area contributed by atoms with Crippen molar-refractivity contribution in [3.63, 3.8) is 0 Å². The van der Waals surface area contributed by atoms with E-state index in [1.54, 1.807) is 0 Å². The number of nitrogens with zero attached hydrogens (tertiary/aromatic N) is 4. The Labute approximate surface area is 270 Å². The molecule has 0 saturated heterocycles. The normalized spacial score (nSPS) is 11.4. The summed E-state index contributed by atoms with van der Waals surface area (Å²) in [7, 11) is 0. The lowest BCUT2D eigenvalue weighted by Gasteiger charge is -2.12. The smallest absolute Gasteiger partial charge is 0.227 e. The number of aromatic nitrogens is 4. The predicted octanol–water partition coefficient (Wildman–Crippen LogP) is 10.7. The highest BCUT2D eigenvalue weighted by molar-refractivity contribution is 6.20. The lowest BCUT2D eigenvalue weighted by molar-refractivity contribution is 0.620. The minimum absolute atomic E-state index is 0.604. The van der Waals surface area contributed by atoms with Crippen LogP contribution in [0.2, 0.25) is 0 Å². The minimum Gasteiger partial charge on any atom is -0.436 e. The van der Waals surface area contributed by atoms with Crippen LogP contribution in [-0.2, 0) is 0 Å². The van der Waals surface area contributed by atoms with Gasteiger partial charge >= 0.3 is 0 Å². The summed E-state index contributed by atoms with van der Waals surface area (Å²) in [6.45, 7) is 0. The first-order chi connectivity index (χ1) is 23.3. The molecule has 0 saturated carbocycles. The van der Waals surface area contributed by atoms with Gasteiger partial charge in [0.05, 0.1) is 22.6 Å². The van der Waals surface area contributed by atoms with Gasteiger partial charge in [-0.15, -0.1) is 0 Å². The zero-order valence-electron chi connectivity index (χ0n) is 25.2. The second-order valence-electron chi connectivity index (χ2n) is 11.5. The minimum atomic E-state index is 0.604. The van der Waals surface area contributed by atoms with Gasteiger partial charge in [-0.2, -0.15) is 0 Å². The molecule has 0 unspecified atom stereocenters. The Morgan fingerprint density at radius 2 is 0.979 bits per heavy atom. The zero-order chi connectivity index (χ0) is 31.2. The molecule has 3 heterocycles. The quantitative estimate of drug-likeness (QED) is 0.183. The van der Waals surface area contributed by atoms with E-state index in [0.29, 0.717) is 11.7 Å². The second kappa shape index (κ2) is 11.2. The van der Waals surface area contributed by atoms with Gasteiger partial charge < -0.3 is 4.42 Å². The third-order valence-electron chi connectivity index (χ3n) is 8.52. The highest BCUT2D eigenvalue weighted by Gasteiger charge is 2.18. The van der Waals surface area contributed by atoms with Crippen LogP contribution in [-0.4, -0.2) is 19.9 Å². The van der Waals surface area contributed by atoms with Crippen LogP contribution in [0.1, 0.15) is 0 Å². The topological polar surface area (TPSA) is 64.7 Å². The standard InChI is InChI=1S/C42H26N4O/c1-4-12-27(13-5-1)35-26-36(28-14-6-2-7-15-28)45-41(44-35)30-22-20-29(21-23-30)39-33-24-25-37-40(38(33)32-18-10-11-19-34(32)43-39)46-42(47-37)31-16-8-3-9-17-31/h1-26H. The van der Waals surface area contributed by atoms with Crippen LogP contribution in [0.5, 0.6) is 0 Å². The number of hydrogen-bond acceptors (Lipinski definition) is 5. The van der Waals surface area contributed by atoms with E-state index in [2.05, 4.69) is 72.8 Å². The fourth-order valence-corrected chi connectivity index (χ4v) is 6.22. The number of rotatable bonds is 5. The van der Waals surface area contributed by atoms with Gasteiger partial charge in [-0.1, -0.05) is 121 Å². The number of hydrogen-bond donors (Lipinski definition) is 0. The predicted molar refractivity (Wildman–Crippen MR) is 190 cm³/mol. The van der Waals surface area contributed by atoms with Gasteiger partial charge in [0.25, 0.3) is 0 Å². The summed E-state index contributed by atoms with van der Waals surface area (Å²) < 4.78 is 6.26. The molecule has 0 radical (unpaired) electrons. The van der Waals surface area contributed by atoms with Crippen LogP contribution in [0.15, 0.2) is 162 Å². The van der Waals surface area contributed by atoms with Crippen LogP contribution < -0.4 is 0 Å². The molecule has 0 fully saturated rings. The monoisotopic (exact) mass is 602 g/mol. The van der Waals surface area contributed by atoms with E-state index < -0.39 is 0 Å². The van der Waals surface area contributed by atoms with Crippen molar-refractivity contribution in [2.45, 2.75) is 0 Å². The summed E-state index contributed by atoms with van der Waals surface area (Å²) in [6, 6.07) is 53.2. The van der Waals surface area contributed by atoms with Crippen molar-refractivity contribution in [1.29, 1.82) is 0 Å². The summed E-state index contributed by atoms with van der Waals surface area (Å²) in [5, 5.41) is 3.09. The Morgan fingerprint density at radius 3 is 1.64 bits per heavy atom. The molecule has 0 atom stereocenters. The number of fused-ring (bicyclic) bond motifs is 5. The van der Waals surface area contributed by atoms with E-state index in [-0.39, 0.29) is 0 Å². The Morgan fingerprint density at radius 1 is 0.404 bits per heavy atom. The highest BCUT2D eigenvalue weighted by atomic mass is 16.3. The summed E-state index contributed by atoms with van der Waals surface area (Å²) in [4.78, 5) is 20.2. The summed E-state index contributed by atoms with van der Waals surface area (Å²) in [6.07, 6.45) is 0. The van der Waals surface area contributed by atoms with E-state index in [1.165, 1.54) is 0 Å². The molecule has 3 aromatic heterocycles. The summed E-state index contributed by atoms with van der Waals surface area (Å²) in [5.74, 6) is 1.28. The van der Waals surface area contributed by atoms with Gasteiger partial charge in [-0.25, -0.2) is 19.9 Å². The molecule has 5 heteroatoms. The largest absolute Gasteiger partial charge is 0.436 e. The van der Waals surface area contributed by atoms with Crippen molar-refractivity contribution in [1.82, 2.24) is 19.9 Å². The van der Waals surface area contributed by atoms with E-state index in [4.69, 9.17) is 24.4 Å². The molecule has 47 heavy (non-hydrogen) atoms. The van der Waals surface area contributed by atoms with E-state index in [1.807, 2.05) is 84.9 Å². The van der Waals surface area contributed by atoms with Crippen LogP contribution in [0.4, 0.5) is 0 Å². The molecule has 0 spiro atoms. The fourth-order valence-electron chi connectivity index (χ4n) is 6.22. The average Bonchev–Trinajstić information content (AvgIpc) is 3.60. The maximum absolute atomic E-state index is 6.26. The van der Waals surface area contributed by atoms with Gasteiger partial charge in [0.2, 0.25) is 5.89 Å². The molecule has 9 rings (SSSR count). The Bertz CT molecular complexity index is 2490. The maximum Gasteiger partial charge on any atom is 0.227 e. The zero-order valence-corrected chi connectivity index (χ0v) is 25.2. The first kappa shape index (κ1) is 26.9. The SMILES string of the molecule is c1ccc(-c2cc(-c3ccccc3)nc(-c3ccc(-c4nc5ccccc5c5c4ccc4oc(-c6ccccc6)nc45)cc3)n2)cc1. The molecule has 0 bridgehead atoms. The number of benzene rings is 6. The molecule has 5 nitrogen and oxygen atoms in total. The van der Waals surface area contributed by atoms with Crippen molar-refractivity contribution >= 4 is 32.8 Å². The Hall–Kier alpha value is -6.46. The van der Waals surface area contributed by atoms with Crippen molar-refractivity contribution in [3.05, 3.63) is 158 Å². The molecular formula is C42H26N4O.